The van der Waals surface area contributed by atoms with E-state index in [1.807, 2.05) is 0 Å². The summed E-state index contributed by atoms with van der Waals surface area (Å²) in [5.41, 5.74) is 0. The van der Waals surface area contributed by atoms with Gasteiger partial charge in [-0.3, -0.25) is 9.59 Å². The molecule has 5 nitrogen and oxygen atoms in total. The Morgan fingerprint density at radius 1 is 0.404 bits per heavy atom. The maximum absolute atomic E-state index is 12.5. The van der Waals surface area contributed by atoms with Crippen LogP contribution in [0.3, 0.4) is 0 Å². The molecule has 0 saturated carbocycles. The third-order valence-electron chi connectivity index (χ3n) is 9.96. The van der Waals surface area contributed by atoms with Crippen molar-refractivity contribution in [3.8, 4) is 0 Å². The maximum Gasteiger partial charge on any atom is 0.306 e. The molecule has 0 fully saturated rings. The summed E-state index contributed by atoms with van der Waals surface area (Å²) in [4.78, 5) is 25.0. The largest absolute Gasteiger partial charge is 0.462 e. The number of unbranched alkanes of at least 4 members (excludes halogenated alkanes) is 27. The molecule has 0 spiro atoms. The highest BCUT2D eigenvalue weighted by molar-refractivity contribution is 5.70. The van der Waals surface area contributed by atoms with Crippen LogP contribution in [0.15, 0.2) is 24.3 Å². The van der Waals surface area contributed by atoms with Gasteiger partial charge in [0.05, 0.1) is 6.61 Å². The van der Waals surface area contributed by atoms with Crippen LogP contribution in [0.25, 0.3) is 0 Å². The molecule has 1 unspecified atom stereocenters. The summed E-state index contributed by atoms with van der Waals surface area (Å²) in [5, 5.41) is 0. The van der Waals surface area contributed by atoms with E-state index < -0.39 is 6.10 Å². The predicted octanol–water partition coefficient (Wildman–Crippen LogP) is 14.9. The Morgan fingerprint density at radius 2 is 0.750 bits per heavy atom. The molecular weight excluding hydrogens is 645 g/mol. The van der Waals surface area contributed by atoms with Gasteiger partial charge in [0.2, 0.25) is 0 Å². The van der Waals surface area contributed by atoms with E-state index in [2.05, 4.69) is 45.1 Å². The average molecular weight is 733 g/mol. The molecule has 0 aromatic rings. The molecule has 0 bridgehead atoms. The van der Waals surface area contributed by atoms with Crippen molar-refractivity contribution in [2.75, 3.05) is 19.8 Å². The Bertz CT molecular complexity index is 791. The van der Waals surface area contributed by atoms with E-state index in [0.29, 0.717) is 19.4 Å². The highest BCUT2D eigenvalue weighted by Crippen LogP contribution is 2.13. The van der Waals surface area contributed by atoms with Gasteiger partial charge < -0.3 is 14.2 Å². The van der Waals surface area contributed by atoms with Gasteiger partial charge in [-0.2, -0.15) is 0 Å². The lowest BCUT2D eigenvalue weighted by atomic mass is 10.1. The third-order valence-corrected chi connectivity index (χ3v) is 9.96. The Morgan fingerprint density at radius 3 is 1.17 bits per heavy atom. The summed E-state index contributed by atoms with van der Waals surface area (Å²) in [5.74, 6) is -0.415. The molecule has 0 aliphatic rings. The number of allylic oxidation sites excluding steroid dienone is 4. The molecule has 0 radical (unpaired) electrons. The lowest BCUT2D eigenvalue weighted by molar-refractivity contribution is -0.163. The van der Waals surface area contributed by atoms with Crippen LogP contribution in [0.2, 0.25) is 0 Å². The summed E-state index contributed by atoms with van der Waals surface area (Å²) in [6, 6.07) is 0. The molecule has 0 heterocycles. The van der Waals surface area contributed by atoms with Crippen molar-refractivity contribution in [3.05, 3.63) is 24.3 Å². The summed E-state index contributed by atoms with van der Waals surface area (Å²) in [6.07, 6.45) is 49.2. The average Bonchev–Trinajstić information content (AvgIpc) is 3.14. The van der Waals surface area contributed by atoms with E-state index in [1.165, 1.54) is 148 Å². The molecule has 0 saturated heterocycles. The van der Waals surface area contributed by atoms with Crippen LogP contribution >= 0.6 is 0 Å². The van der Waals surface area contributed by atoms with Crippen molar-refractivity contribution in [1.29, 1.82) is 0 Å². The number of carbonyl (C=O) groups is 2. The predicted molar refractivity (Wildman–Crippen MR) is 224 cm³/mol. The van der Waals surface area contributed by atoms with Gasteiger partial charge in [-0.25, -0.2) is 0 Å². The van der Waals surface area contributed by atoms with Crippen LogP contribution in [0.1, 0.15) is 239 Å². The van der Waals surface area contributed by atoms with E-state index in [9.17, 15) is 9.59 Å². The minimum Gasteiger partial charge on any atom is -0.462 e. The molecule has 0 aromatic carbocycles. The molecule has 1 atom stereocenters. The first-order valence-electron chi connectivity index (χ1n) is 22.9. The van der Waals surface area contributed by atoms with Crippen LogP contribution < -0.4 is 0 Å². The zero-order valence-corrected chi connectivity index (χ0v) is 35.1. The van der Waals surface area contributed by atoms with Crippen molar-refractivity contribution < 1.29 is 23.8 Å². The molecule has 5 heteroatoms. The minimum absolute atomic E-state index is 0.0822. The number of rotatable bonds is 42. The summed E-state index contributed by atoms with van der Waals surface area (Å²) in [6.45, 7) is 7.75. The molecule has 0 N–H and O–H groups in total. The topological polar surface area (TPSA) is 61.8 Å². The first kappa shape index (κ1) is 50.4. The van der Waals surface area contributed by atoms with E-state index in [0.717, 1.165) is 57.8 Å². The van der Waals surface area contributed by atoms with Crippen LogP contribution in [0.5, 0.6) is 0 Å². The van der Waals surface area contributed by atoms with Crippen molar-refractivity contribution in [3.63, 3.8) is 0 Å². The van der Waals surface area contributed by atoms with Gasteiger partial charge in [0.25, 0.3) is 0 Å². The van der Waals surface area contributed by atoms with E-state index in [1.54, 1.807) is 0 Å². The van der Waals surface area contributed by atoms with Crippen LogP contribution in [0.4, 0.5) is 0 Å². The Labute approximate surface area is 324 Å². The maximum atomic E-state index is 12.5. The van der Waals surface area contributed by atoms with Crippen molar-refractivity contribution in [2.24, 2.45) is 0 Å². The van der Waals surface area contributed by atoms with Crippen molar-refractivity contribution >= 4 is 11.9 Å². The smallest absolute Gasteiger partial charge is 0.306 e. The van der Waals surface area contributed by atoms with Gasteiger partial charge in [-0.1, -0.05) is 180 Å². The molecule has 0 amide bonds. The molecule has 52 heavy (non-hydrogen) atoms. The minimum atomic E-state index is -0.532. The normalized spacial score (nSPS) is 12.3. The Kier molecular flexibility index (Phi) is 42.4. The number of carbonyl (C=O) groups excluding carboxylic acids is 2. The van der Waals surface area contributed by atoms with E-state index >= 15 is 0 Å². The molecule has 306 valence electrons. The van der Waals surface area contributed by atoms with Crippen LogP contribution in [-0.2, 0) is 23.8 Å². The summed E-state index contributed by atoms with van der Waals surface area (Å²) >= 11 is 0. The number of esters is 2. The van der Waals surface area contributed by atoms with Gasteiger partial charge in [-0.15, -0.1) is 0 Å². The van der Waals surface area contributed by atoms with Crippen molar-refractivity contribution in [2.45, 2.75) is 245 Å². The fraction of sp³-hybridized carbons (Fsp3) is 0.872. The fourth-order valence-electron chi connectivity index (χ4n) is 6.50. The molecule has 0 aromatic heterocycles. The lowest BCUT2D eigenvalue weighted by Gasteiger charge is -2.18. The fourth-order valence-corrected chi connectivity index (χ4v) is 6.50. The zero-order valence-electron chi connectivity index (χ0n) is 35.1. The monoisotopic (exact) mass is 733 g/mol. The zero-order chi connectivity index (χ0) is 37.8. The van der Waals surface area contributed by atoms with E-state index in [4.69, 9.17) is 14.2 Å². The van der Waals surface area contributed by atoms with E-state index in [-0.39, 0.29) is 25.2 Å². The third kappa shape index (κ3) is 41.1. The molecule has 0 aliphatic carbocycles. The SMILES string of the molecule is CCCCCCCC/C=C\CCCCCCCCOCC(COC(=O)CCCCCCC/C=C\CCCCCCCC)OC(=O)CCCCCCC. The number of hydrogen-bond acceptors (Lipinski definition) is 5. The first-order valence-corrected chi connectivity index (χ1v) is 22.9. The molecular formula is C47H88O5. The van der Waals surface area contributed by atoms with Crippen molar-refractivity contribution in [1.82, 2.24) is 0 Å². The van der Waals surface area contributed by atoms with Gasteiger partial charge >= 0.3 is 11.9 Å². The van der Waals surface area contributed by atoms with Gasteiger partial charge in [0, 0.05) is 19.4 Å². The highest BCUT2D eigenvalue weighted by atomic mass is 16.6. The second kappa shape index (κ2) is 43.8. The number of ether oxygens (including phenoxy) is 3. The summed E-state index contributed by atoms with van der Waals surface area (Å²) < 4.78 is 17.2. The van der Waals surface area contributed by atoms with Gasteiger partial charge in [-0.05, 0) is 70.6 Å². The van der Waals surface area contributed by atoms with Gasteiger partial charge in [0.1, 0.15) is 6.61 Å². The Balaban J connectivity index is 4.06. The molecule has 0 aliphatic heterocycles. The summed E-state index contributed by atoms with van der Waals surface area (Å²) in [7, 11) is 0. The second-order valence-electron chi connectivity index (χ2n) is 15.3. The quantitative estimate of drug-likeness (QED) is 0.0355. The highest BCUT2D eigenvalue weighted by Gasteiger charge is 2.17. The molecule has 0 rings (SSSR count). The lowest BCUT2D eigenvalue weighted by Crippen LogP contribution is -2.30. The Hall–Kier alpha value is -1.62. The standard InChI is InChI=1S/C47H88O5/c1-4-7-10-13-15-17-19-21-23-25-27-29-31-33-36-39-42-50-43-45(52-47(49)41-38-34-12-9-6-3)44-51-46(48)40-37-35-32-30-28-26-24-22-20-18-16-14-11-8-5-2/h21-24,45H,4-20,25-44H2,1-3H3/b23-21-,24-22-. The number of hydrogen-bond donors (Lipinski definition) is 0. The van der Waals surface area contributed by atoms with Crippen LogP contribution in [-0.4, -0.2) is 37.9 Å². The van der Waals surface area contributed by atoms with Gasteiger partial charge in [0.15, 0.2) is 6.10 Å². The first-order chi connectivity index (χ1) is 25.6. The van der Waals surface area contributed by atoms with Crippen LogP contribution in [0, 0.1) is 0 Å². The second-order valence-corrected chi connectivity index (χ2v) is 15.3.